The minimum absolute atomic E-state index is 0.0702. The molecule has 20 heavy (non-hydrogen) atoms. The number of rotatable bonds is 4. The standard InChI is InChI=1S/C12H15F3N4O/c1-3-19-6-16-9-10(19)17-8(18-11(9)20)5-4-7(2)12(13,14)15/h6-7H,3-5H2,1-2H3,(H,17,18,20). The molecule has 0 saturated heterocycles. The highest BCUT2D eigenvalue weighted by atomic mass is 19.4. The molecule has 1 N–H and O–H groups in total. The highest BCUT2D eigenvalue weighted by Gasteiger charge is 2.35. The van der Waals surface area contributed by atoms with E-state index in [9.17, 15) is 18.0 Å². The Morgan fingerprint density at radius 3 is 2.75 bits per heavy atom. The van der Waals surface area contributed by atoms with Crippen molar-refractivity contribution in [3.8, 4) is 0 Å². The predicted molar refractivity (Wildman–Crippen MR) is 67.4 cm³/mol. The summed E-state index contributed by atoms with van der Waals surface area (Å²) in [4.78, 5) is 22.4. The lowest BCUT2D eigenvalue weighted by Gasteiger charge is -2.14. The van der Waals surface area contributed by atoms with E-state index in [4.69, 9.17) is 0 Å². The van der Waals surface area contributed by atoms with Crippen LogP contribution in [0, 0.1) is 5.92 Å². The third-order valence-electron chi connectivity index (χ3n) is 3.24. The number of nitrogens with one attached hydrogen (secondary N) is 1. The van der Waals surface area contributed by atoms with Gasteiger partial charge in [-0.15, -0.1) is 0 Å². The van der Waals surface area contributed by atoms with Gasteiger partial charge in [-0.3, -0.25) is 4.79 Å². The summed E-state index contributed by atoms with van der Waals surface area (Å²) in [5, 5.41) is 0. The van der Waals surface area contributed by atoms with Crippen LogP contribution in [0.5, 0.6) is 0 Å². The molecular weight excluding hydrogens is 273 g/mol. The Hall–Kier alpha value is -1.86. The van der Waals surface area contributed by atoms with Gasteiger partial charge in [-0.1, -0.05) is 6.92 Å². The summed E-state index contributed by atoms with van der Waals surface area (Å²) >= 11 is 0. The van der Waals surface area contributed by atoms with E-state index in [1.165, 1.54) is 6.33 Å². The van der Waals surface area contributed by atoms with Crippen LogP contribution in [0.25, 0.3) is 11.2 Å². The summed E-state index contributed by atoms with van der Waals surface area (Å²) in [6.07, 6.45) is -2.77. The molecule has 0 aliphatic carbocycles. The van der Waals surface area contributed by atoms with Crippen LogP contribution in [-0.2, 0) is 13.0 Å². The molecule has 110 valence electrons. The van der Waals surface area contributed by atoms with Gasteiger partial charge >= 0.3 is 6.18 Å². The Kier molecular flexibility index (Phi) is 3.82. The van der Waals surface area contributed by atoms with E-state index in [2.05, 4.69) is 15.0 Å². The molecule has 1 atom stereocenters. The van der Waals surface area contributed by atoms with Gasteiger partial charge in [-0.25, -0.2) is 9.97 Å². The summed E-state index contributed by atoms with van der Waals surface area (Å²) in [6.45, 7) is 3.58. The molecule has 0 aromatic carbocycles. The second-order valence-electron chi connectivity index (χ2n) is 4.70. The first-order valence-electron chi connectivity index (χ1n) is 6.33. The van der Waals surface area contributed by atoms with Crippen LogP contribution >= 0.6 is 0 Å². The first-order valence-corrected chi connectivity index (χ1v) is 6.33. The summed E-state index contributed by atoms with van der Waals surface area (Å²) < 4.78 is 39.0. The number of aryl methyl sites for hydroxylation is 2. The topological polar surface area (TPSA) is 63.6 Å². The Morgan fingerprint density at radius 1 is 1.45 bits per heavy atom. The molecule has 0 saturated carbocycles. The third-order valence-corrected chi connectivity index (χ3v) is 3.24. The van der Waals surface area contributed by atoms with E-state index in [1.54, 1.807) is 4.57 Å². The number of aromatic amines is 1. The Morgan fingerprint density at radius 2 is 2.15 bits per heavy atom. The molecule has 0 spiro atoms. The average molecular weight is 288 g/mol. The van der Waals surface area contributed by atoms with Crippen LogP contribution in [-0.4, -0.2) is 25.7 Å². The molecule has 8 heteroatoms. The van der Waals surface area contributed by atoms with E-state index in [-0.39, 0.29) is 24.2 Å². The normalized spacial score (nSPS) is 13.8. The minimum atomic E-state index is -4.23. The summed E-state index contributed by atoms with van der Waals surface area (Å²) in [5.74, 6) is -1.17. The summed E-state index contributed by atoms with van der Waals surface area (Å²) in [6, 6.07) is 0. The zero-order valence-corrected chi connectivity index (χ0v) is 11.2. The van der Waals surface area contributed by atoms with Gasteiger partial charge in [0.15, 0.2) is 11.2 Å². The Balaban J connectivity index is 2.25. The van der Waals surface area contributed by atoms with Crippen molar-refractivity contribution in [2.24, 2.45) is 5.92 Å². The molecule has 0 radical (unpaired) electrons. The van der Waals surface area contributed by atoms with E-state index < -0.39 is 17.7 Å². The van der Waals surface area contributed by atoms with Crippen molar-refractivity contribution < 1.29 is 13.2 Å². The van der Waals surface area contributed by atoms with Crippen LogP contribution < -0.4 is 5.56 Å². The van der Waals surface area contributed by atoms with Gasteiger partial charge < -0.3 is 9.55 Å². The molecule has 5 nitrogen and oxygen atoms in total. The van der Waals surface area contributed by atoms with E-state index in [0.717, 1.165) is 6.92 Å². The van der Waals surface area contributed by atoms with Crippen LogP contribution in [0.3, 0.4) is 0 Å². The molecule has 1 unspecified atom stereocenters. The van der Waals surface area contributed by atoms with Crippen LogP contribution in [0.15, 0.2) is 11.1 Å². The van der Waals surface area contributed by atoms with Crippen molar-refractivity contribution in [1.82, 2.24) is 19.5 Å². The number of halogens is 3. The van der Waals surface area contributed by atoms with Gasteiger partial charge in [0.25, 0.3) is 5.56 Å². The summed E-state index contributed by atoms with van der Waals surface area (Å²) in [7, 11) is 0. The fourth-order valence-electron chi connectivity index (χ4n) is 1.87. The quantitative estimate of drug-likeness (QED) is 0.938. The molecule has 0 aliphatic rings. The number of fused-ring (bicyclic) bond motifs is 1. The highest BCUT2D eigenvalue weighted by Crippen LogP contribution is 2.28. The number of nitrogens with zero attached hydrogens (tertiary/aromatic N) is 3. The van der Waals surface area contributed by atoms with Gasteiger partial charge in [0, 0.05) is 13.0 Å². The minimum Gasteiger partial charge on any atom is -0.315 e. The van der Waals surface area contributed by atoms with Crippen molar-refractivity contribution in [2.75, 3.05) is 0 Å². The van der Waals surface area contributed by atoms with Gasteiger partial charge in [-0.05, 0) is 13.3 Å². The smallest absolute Gasteiger partial charge is 0.315 e. The second kappa shape index (κ2) is 5.26. The molecule has 0 bridgehead atoms. The largest absolute Gasteiger partial charge is 0.391 e. The van der Waals surface area contributed by atoms with Gasteiger partial charge in [0.05, 0.1) is 12.2 Å². The Bertz CT molecular complexity index is 659. The van der Waals surface area contributed by atoms with E-state index >= 15 is 0 Å². The maximum Gasteiger partial charge on any atom is 0.391 e. The van der Waals surface area contributed by atoms with Crippen LogP contribution in [0.2, 0.25) is 0 Å². The fourth-order valence-corrected chi connectivity index (χ4v) is 1.87. The number of aromatic nitrogens is 4. The average Bonchev–Trinajstić information content (AvgIpc) is 2.78. The fraction of sp³-hybridized carbons (Fsp3) is 0.583. The van der Waals surface area contributed by atoms with Crippen molar-refractivity contribution in [3.05, 3.63) is 22.5 Å². The second-order valence-corrected chi connectivity index (χ2v) is 4.70. The lowest BCUT2D eigenvalue weighted by molar-refractivity contribution is -0.171. The number of imidazole rings is 1. The maximum atomic E-state index is 12.4. The zero-order chi connectivity index (χ0) is 14.9. The van der Waals surface area contributed by atoms with Crippen molar-refractivity contribution in [3.63, 3.8) is 0 Å². The van der Waals surface area contributed by atoms with E-state index in [1.807, 2.05) is 6.92 Å². The predicted octanol–water partition coefficient (Wildman–Crippen LogP) is 2.27. The first kappa shape index (κ1) is 14.5. The molecular formula is C12H15F3N4O. The molecule has 0 fully saturated rings. The zero-order valence-electron chi connectivity index (χ0n) is 11.2. The molecule has 2 heterocycles. The van der Waals surface area contributed by atoms with Crippen molar-refractivity contribution in [1.29, 1.82) is 0 Å². The third kappa shape index (κ3) is 2.83. The van der Waals surface area contributed by atoms with E-state index in [0.29, 0.717) is 12.2 Å². The Labute approximate surface area is 112 Å². The number of hydrogen-bond donors (Lipinski definition) is 1. The lowest BCUT2D eigenvalue weighted by atomic mass is 10.1. The SMILES string of the molecule is CCn1cnc2c(=O)[nH]c(CCC(C)C(F)(F)F)nc21. The van der Waals surface area contributed by atoms with Gasteiger partial charge in [0.1, 0.15) is 5.82 Å². The lowest BCUT2D eigenvalue weighted by Crippen LogP contribution is -2.21. The molecule has 2 aromatic rings. The molecule has 2 rings (SSSR count). The van der Waals surface area contributed by atoms with Crippen molar-refractivity contribution in [2.45, 2.75) is 39.4 Å². The van der Waals surface area contributed by atoms with Gasteiger partial charge in [0.2, 0.25) is 0 Å². The van der Waals surface area contributed by atoms with Crippen molar-refractivity contribution >= 4 is 11.2 Å². The molecule has 0 amide bonds. The molecule has 0 aliphatic heterocycles. The molecule has 2 aromatic heterocycles. The highest BCUT2D eigenvalue weighted by molar-refractivity contribution is 5.69. The number of H-pyrrole nitrogens is 1. The summed E-state index contributed by atoms with van der Waals surface area (Å²) in [5.41, 5.74) is 0.197. The first-order chi connectivity index (χ1) is 9.32. The van der Waals surface area contributed by atoms with Gasteiger partial charge in [-0.2, -0.15) is 13.2 Å². The monoisotopic (exact) mass is 288 g/mol. The van der Waals surface area contributed by atoms with Crippen LogP contribution in [0.1, 0.15) is 26.1 Å². The number of alkyl halides is 3. The maximum absolute atomic E-state index is 12.4. The number of hydrogen-bond acceptors (Lipinski definition) is 3. The van der Waals surface area contributed by atoms with Crippen LogP contribution in [0.4, 0.5) is 13.2 Å².